The lowest BCUT2D eigenvalue weighted by Gasteiger charge is -2.15. The average Bonchev–Trinajstić information content (AvgIpc) is 2.77. The van der Waals surface area contributed by atoms with Crippen LogP contribution in [0.5, 0.6) is 0 Å². The maximum absolute atomic E-state index is 11.9. The van der Waals surface area contributed by atoms with Crippen molar-refractivity contribution in [3.05, 3.63) is 105 Å². The molecule has 0 amide bonds. The zero-order chi connectivity index (χ0) is 19.3. The van der Waals surface area contributed by atoms with E-state index >= 15 is 0 Å². The topological polar surface area (TPSA) is 71.1 Å². The van der Waals surface area contributed by atoms with Gasteiger partial charge in [-0.2, -0.15) is 0 Å². The minimum absolute atomic E-state index is 0.315. The lowest BCUT2D eigenvalue weighted by atomic mass is 10.0. The molecule has 0 atom stereocenters. The summed E-state index contributed by atoms with van der Waals surface area (Å²) in [6, 6.07) is 22.1. The highest BCUT2D eigenvalue weighted by Crippen LogP contribution is 2.21. The standard InChI is InChI=1S/C23H19N3O2/c27-22-20(21(23(22)28)26-19-11-13-24-14-12-19)25-15-10-16-6-8-18(9-7-16)17-4-2-1-3-5-17/h1-9,11-14,25H,10,15H2,(H,24,26). The first-order valence-corrected chi connectivity index (χ1v) is 9.11. The molecule has 28 heavy (non-hydrogen) atoms. The third kappa shape index (κ3) is 3.69. The van der Waals surface area contributed by atoms with Crippen LogP contribution in [0.3, 0.4) is 0 Å². The van der Waals surface area contributed by atoms with Gasteiger partial charge in [0, 0.05) is 24.6 Å². The zero-order valence-electron chi connectivity index (χ0n) is 15.2. The predicted molar refractivity (Wildman–Crippen MR) is 113 cm³/mol. The van der Waals surface area contributed by atoms with Crippen molar-refractivity contribution >= 4 is 17.1 Å². The largest absolute Gasteiger partial charge is 0.380 e. The second-order valence-corrected chi connectivity index (χ2v) is 6.51. The van der Waals surface area contributed by atoms with Gasteiger partial charge in [-0.1, -0.05) is 54.6 Å². The third-order valence-electron chi connectivity index (χ3n) is 4.64. The molecule has 0 unspecified atom stereocenters. The van der Waals surface area contributed by atoms with Crippen LogP contribution in [0, 0.1) is 0 Å². The van der Waals surface area contributed by atoms with E-state index in [1.54, 1.807) is 24.5 Å². The van der Waals surface area contributed by atoms with Crippen LogP contribution in [0.4, 0.5) is 17.1 Å². The van der Waals surface area contributed by atoms with Crippen LogP contribution in [-0.2, 0) is 6.42 Å². The number of hydrogen-bond acceptors (Lipinski definition) is 5. The highest BCUT2D eigenvalue weighted by molar-refractivity contribution is 5.78. The minimum Gasteiger partial charge on any atom is -0.380 e. The number of hydrogen-bond donors (Lipinski definition) is 2. The van der Waals surface area contributed by atoms with Crippen molar-refractivity contribution < 1.29 is 0 Å². The summed E-state index contributed by atoms with van der Waals surface area (Å²) < 4.78 is 0. The Labute approximate surface area is 162 Å². The molecule has 0 bridgehead atoms. The molecule has 138 valence electrons. The van der Waals surface area contributed by atoms with Gasteiger partial charge in [-0.05, 0) is 35.2 Å². The summed E-state index contributed by atoms with van der Waals surface area (Å²) in [4.78, 5) is 27.7. The van der Waals surface area contributed by atoms with E-state index in [0.29, 0.717) is 17.9 Å². The Morgan fingerprint density at radius 3 is 2.07 bits per heavy atom. The quantitative estimate of drug-likeness (QED) is 0.486. The molecule has 0 aliphatic heterocycles. The molecule has 0 saturated heterocycles. The Bertz CT molecular complexity index is 1130. The first-order chi connectivity index (χ1) is 13.7. The number of rotatable bonds is 7. The fourth-order valence-electron chi connectivity index (χ4n) is 3.09. The van der Waals surface area contributed by atoms with Gasteiger partial charge < -0.3 is 10.6 Å². The monoisotopic (exact) mass is 369 g/mol. The van der Waals surface area contributed by atoms with Gasteiger partial charge >= 0.3 is 0 Å². The normalized spacial score (nSPS) is 10.7. The number of nitrogens with one attached hydrogen (secondary N) is 2. The first kappa shape index (κ1) is 17.7. The molecule has 1 heterocycles. The van der Waals surface area contributed by atoms with E-state index in [9.17, 15) is 9.59 Å². The van der Waals surface area contributed by atoms with E-state index in [1.165, 1.54) is 11.1 Å². The summed E-state index contributed by atoms with van der Waals surface area (Å²) in [5, 5.41) is 6.09. The maximum atomic E-state index is 11.9. The van der Waals surface area contributed by atoms with E-state index in [0.717, 1.165) is 17.7 Å². The Kier molecular flexibility index (Phi) is 4.97. The van der Waals surface area contributed by atoms with Crippen LogP contribution in [0.2, 0.25) is 0 Å². The minimum atomic E-state index is -0.494. The molecule has 0 saturated carbocycles. The molecule has 1 aromatic heterocycles. The average molecular weight is 369 g/mol. The van der Waals surface area contributed by atoms with Gasteiger partial charge in [0.05, 0.1) is 0 Å². The van der Waals surface area contributed by atoms with E-state index in [1.807, 2.05) is 18.2 Å². The number of nitrogens with zero attached hydrogens (tertiary/aromatic N) is 1. The Balaban J connectivity index is 1.38. The lowest BCUT2D eigenvalue weighted by molar-refractivity contribution is 1.01. The van der Waals surface area contributed by atoms with Crippen LogP contribution in [0.25, 0.3) is 11.1 Å². The van der Waals surface area contributed by atoms with Gasteiger partial charge in [-0.15, -0.1) is 0 Å². The van der Waals surface area contributed by atoms with Gasteiger partial charge in [0.25, 0.3) is 10.9 Å². The summed E-state index contributed by atoms with van der Waals surface area (Å²) in [6.07, 6.45) is 4.00. The van der Waals surface area contributed by atoms with Crippen molar-refractivity contribution in [3.63, 3.8) is 0 Å². The first-order valence-electron chi connectivity index (χ1n) is 9.11. The van der Waals surface area contributed by atoms with Gasteiger partial charge in [-0.25, -0.2) is 0 Å². The molecule has 5 nitrogen and oxygen atoms in total. The van der Waals surface area contributed by atoms with Crippen LogP contribution in [0.1, 0.15) is 5.56 Å². The second kappa shape index (κ2) is 7.88. The predicted octanol–water partition coefficient (Wildman–Crippen LogP) is 3.74. The van der Waals surface area contributed by atoms with Gasteiger partial charge in [0.2, 0.25) is 0 Å². The smallest absolute Gasteiger partial charge is 0.253 e. The van der Waals surface area contributed by atoms with Crippen LogP contribution in [0.15, 0.2) is 88.7 Å². The molecular formula is C23H19N3O2. The molecule has 5 heteroatoms. The van der Waals surface area contributed by atoms with Crippen LogP contribution < -0.4 is 21.5 Å². The second-order valence-electron chi connectivity index (χ2n) is 6.51. The molecule has 0 spiro atoms. The Morgan fingerprint density at radius 1 is 0.714 bits per heavy atom. The Morgan fingerprint density at radius 2 is 1.36 bits per heavy atom. The van der Waals surface area contributed by atoms with Crippen molar-refractivity contribution in [2.24, 2.45) is 0 Å². The molecule has 4 rings (SSSR count). The molecule has 0 radical (unpaired) electrons. The van der Waals surface area contributed by atoms with E-state index < -0.39 is 10.9 Å². The summed E-state index contributed by atoms with van der Waals surface area (Å²) >= 11 is 0. The molecule has 0 aliphatic carbocycles. The van der Waals surface area contributed by atoms with E-state index in [-0.39, 0.29) is 0 Å². The zero-order valence-corrected chi connectivity index (χ0v) is 15.2. The number of benzene rings is 2. The van der Waals surface area contributed by atoms with Gasteiger partial charge in [0.15, 0.2) is 0 Å². The fourth-order valence-corrected chi connectivity index (χ4v) is 3.09. The lowest BCUT2D eigenvalue weighted by Crippen LogP contribution is -2.37. The number of anilines is 3. The van der Waals surface area contributed by atoms with Crippen molar-refractivity contribution in [2.45, 2.75) is 6.42 Å². The van der Waals surface area contributed by atoms with Crippen LogP contribution >= 0.6 is 0 Å². The summed E-state index contributed by atoms with van der Waals surface area (Å²) in [5.74, 6) is 0. The van der Waals surface area contributed by atoms with Gasteiger partial charge in [-0.3, -0.25) is 14.6 Å². The van der Waals surface area contributed by atoms with Crippen molar-refractivity contribution in [1.82, 2.24) is 4.98 Å². The maximum Gasteiger partial charge on any atom is 0.253 e. The van der Waals surface area contributed by atoms with Crippen molar-refractivity contribution in [3.8, 4) is 11.1 Å². The Hall–Kier alpha value is -3.73. The number of aromatic nitrogens is 1. The fraction of sp³-hybridized carbons (Fsp3) is 0.0870. The van der Waals surface area contributed by atoms with Gasteiger partial charge in [0.1, 0.15) is 11.4 Å². The third-order valence-corrected chi connectivity index (χ3v) is 4.64. The summed E-state index contributed by atoms with van der Waals surface area (Å²) in [5.41, 5.74) is 3.93. The van der Waals surface area contributed by atoms with Crippen LogP contribution in [-0.4, -0.2) is 11.5 Å². The molecule has 4 aromatic rings. The number of pyridine rings is 1. The molecule has 3 aromatic carbocycles. The molecular weight excluding hydrogens is 350 g/mol. The molecule has 2 N–H and O–H groups in total. The summed E-state index contributed by atoms with van der Waals surface area (Å²) in [6.45, 7) is 0.570. The highest BCUT2D eigenvalue weighted by Gasteiger charge is 2.20. The highest BCUT2D eigenvalue weighted by atomic mass is 16.2. The van der Waals surface area contributed by atoms with E-state index in [4.69, 9.17) is 0 Å². The summed E-state index contributed by atoms with van der Waals surface area (Å²) in [7, 11) is 0. The van der Waals surface area contributed by atoms with Crippen molar-refractivity contribution in [1.29, 1.82) is 0 Å². The molecule has 0 fully saturated rings. The molecule has 0 aliphatic rings. The van der Waals surface area contributed by atoms with Crippen molar-refractivity contribution in [2.75, 3.05) is 17.2 Å². The van der Waals surface area contributed by atoms with E-state index in [2.05, 4.69) is 52.0 Å². The SMILES string of the molecule is O=c1c(NCCc2ccc(-c3ccccc3)cc2)c(Nc2ccncc2)c1=O.